The lowest BCUT2D eigenvalue weighted by molar-refractivity contribution is 0.588. The third kappa shape index (κ3) is 3.95. The summed E-state index contributed by atoms with van der Waals surface area (Å²) in [5.41, 5.74) is 4.88. The number of aromatic nitrogens is 2. The van der Waals surface area contributed by atoms with Gasteiger partial charge in [0.05, 0.1) is 23.1 Å². The van der Waals surface area contributed by atoms with Crippen LogP contribution in [0.25, 0.3) is 11.4 Å². The molecule has 0 bridgehead atoms. The molecule has 3 heteroatoms. The van der Waals surface area contributed by atoms with Gasteiger partial charge in [0, 0.05) is 12.4 Å². The van der Waals surface area contributed by atoms with Gasteiger partial charge in [-0.2, -0.15) is 0 Å². The number of hydrogen-bond acceptors (Lipinski definition) is 1. The van der Waals surface area contributed by atoms with Crippen LogP contribution in [0.3, 0.4) is 0 Å². The van der Waals surface area contributed by atoms with E-state index >= 15 is 0 Å². The average Bonchev–Trinajstić information content (AvgIpc) is 3.09. The minimum absolute atomic E-state index is 0.103. The van der Waals surface area contributed by atoms with Crippen LogP contribution in [0.15, 0.2) is 29.4 Å². The third-order valence-electron chi connectivity index (χ3n) is 4.76. The number of nitrogens with zero attached hydrogens (tertiary/aromatic N) is 1. The van der Waals surface area contributed by atoms with E-state index in [0.29, 0.717) is 6.04 Å². The highest BCUT2D eigenvalue weighted by molar-refractivity contribution is 5.81. The molecule has 1 aliphatic rings. The molecule has 0 aliphatic heterocycles. The van der Waals surface area contributed by atoms with Crippen LogP contribution >= 0.6 is 0 Å². The van der Waals surface area contributed by atoms with Crippen LogP contribution in [0.5, 0.6) is 0 Å². The van der Waals surface area contributed by atoms with Gasteiger partial charge in [-0.15, -0.1) is 0 Å². The molecule has 1 fully saturated rings. The molecular weight excluding hydrogens is 282 g/mol. The van der Waals surface area contributed by atoms with Gasteiger partial charge in [-0.05, 0) is 42.0 Å². The first-order valence-electron chi connectivity index (χ1n) is 8.94. The maximum absolute atomic E-state index is 4.86. The van der Waals surface area contributed by atoms with Crippen molar-refractivity contribution in [1.29, 1.82) is 0 Å². The summed E-state index contributed by atoms with van der Waals surface area (Å²) >= 11 is 0. The summed E-state index contributed by atoms with van der Waals surface area (Å²) in [5.74, 6) is 0. The van der Waals surface area contributed by atoms with E-state index in [1.807, 2.05) is 12.3 Å². The summed E-state index contributed by atoms with van der Waals surface area (Å²) in [6, 6.07) is 6.93. The van der Waals surface area contributed by atoms with Crippen LogP contribution in [0.2, 0.25) is 0 Å². The van der Waals surface area contributed by atoms with Gasteiger partial charge >= 0.3 is 0 Å². The molecule has 2 heterocycles. The molecule has 2 aromatic rings. The zero-order valence-electron chi connectivity index (χ0n) is 14.7. The number of aromatic amines is 2. The summed E-state index contributed by atoms with van der Waals surface area (Å²) < 4.78 is 0. The molecule has 124 valence electrons. The Labute approximate surface area is 139 Å². The van der Waals surface area contributed by atoms with E-state index in [4.69, 9.17) is 4.99 Å². The van der Waals surface area contributed by atoms with Gasteiger partial charge in [0.2, 0.25) is 0 Å². The average molecular weight is 311 g/mol. The third-order valence-corrected chi connectivity index (χ3v) is 4.76. The molecule has 2 aromatic heterocycles. The second-order valence-electron chi connectivity index (χ2n) is 7.77. The number of nitrogens with one attached hydrogen (secondary N) is 2. The molecule has 0 atom stereocenters. The molecule has 0 unspecified atom stereocenters. The standard InChI is InChI=1S/C20H29N3/c1-20(2,3)17-13-16(23-19(17)18-11-8-12-21-18)14-22-15-9-6-4-5-7-10-15/h8,11-15,21,23H,4-7,9-10H2,1-3H3. The van der Waals surface area contributed by atoms with Crippen molar-refractivity contribution < 1.29 is 0 Å². The summed E-state index contributed by atoms with van der Waals surface area (Å²) in [4.78, 5) is 11.7. The Kier molecular flexibility index (Phi) is 4.74. The quantitative estimate of drug-likeness (QED) is 0.559. The smallest absolute Gasteiger partial charge is 0.0662 e. The largest absolute Gasteiger partial charge is 0.360 e. The van der Waals surface area contributed by atoms with Gasteiger partial charge in [-0.3, -0.25) is 4.99 Å². The van der Waals surface area contributed by atoms with Crippen LogP contribution in [-0.4, -0.2) is 22.2 Å². The molecule has 1 saturated carbocycles. The van der Waals surface area contributed by atoms with Crippen molar-refractivity contribution >= 4 is 6.21 Å². The Morgan fingerprint density at radius 1 is 1.13 bits per heavy atom. The molecular formula is C20H29N3. The summed E-state index contributed by atoms with van der Waals surface area (Å²) in [7, 11) is 0. The SMILES string of the molecule is CC(C)(C)c1cc(C=NC2CCCCCC2)[nH]c1-c1ccc[nH]1. The monoisotopic (exact) mass is 311 g/mol. The topological polar surface area (TPSA) is 43.9 Å². The lowest BCUT2D eigenvalue weighted by Crippen LogP contribution is -2.11. The highest BCUT2D eigenvalue weighted by atomic mass is 14.8. The number of aliphatic imine (C=N–C) groups is 1. The predicted octanol–water partition coefficient (Wildman–Crippen LogP) is 5.45. The van der Waals surface area contributed by atoms with Crippen LogP contribution in [-0.2, 0) is 5.41 Å². The van der Waals surface area contributed by atoms with E-state index in [2.05, 4.69) is 49.1 Å². The Morgan fingerprint density at radius 3 is 2.48 bits per heavy atom. The zero-order chi connectivity index (χ0) is 16.3. The minimum atomic E-state index is 0.103. The van der Waals surface area contributed by atoms with E-state index in [1.54, 1.807) is 0 Å². The first-order chi connectivity index (χ1) is 11.0. The van der Waals surface area contributed by atoms with Crippen molar-refractivity contribution in [2.24, 2.45) is 4.99 Å². The van der Waals surface area contributed by atoms with Gasteiger partial charge < -0.3 is 9.97 Å². The van der Waals surface area contributed by atoms with Crippen molar-refractivity contribution in [3.8, 4) is 11.4 Å². The molecule has 0 aromatic carbocycles. The lowest BCUT2D eigenvalue weighted by atomic mass is 9.86. The van der Waals surface area contributed by atoms with Crippen molar-refractivity contribution in [2.45, 2.75) is 70.8 Å². The van der Waals surface area contributed by atoms with Gasteiger partial charge in [0.15, 0.2) is 0 Å². The first-order valence-corrected chi connectivity index (χ1v) is 8.94. The molecule has 1 aliphatic carbocycles. The van der Waals surface area contributed by atoms with Crippen molar-refractivity contribution in [1.82, 2.24) is 9.97 Å². The van der Waals surface area contributed by atoms with E-state index in [0.717, 1.165) is 11.4 Å². The number of H-pyrrole nitrogens is 2. The van der Waals surface area contributed by atoms with Crippen LogP contribution in [0.4, 0.5) is 0 Å². The zero-order valence-corrected chi connectivity index (χ0v) is 14.7. The molecule has 2 N–H and O–H groups in total. The fourth-order valence-corrected chi connectivity index (χ4v) is 3.43. The highest BCUT2D eigenvalue weighted by Gasteiger charge is 2.22. The number of rotatable bonds is 3. The normalized spacial score (nSPS) is 17.7. The molecule has 3 rings (SSSR count). The lowest BCUT2D eigenvalue weighted by Gasteiger charge is -2.18. The van der Waals surface area contributed by atoms with Crippen molar-refractivity contribution in [3.63, 3.8) is 0 Å². The summed E-state index contributed by atoms with van der Waals surface area (Å²) in [6.45, 7) is 6.78. The van der Waals surface area contributed by atoms with E-state index in [1.165, 1.54) is 49.8 Å². The molecule has 3 nitrogen and oxygen atoms in total. The van der Waals surface area contributed by atoms with E-state index in [9.17, 15) is 0 Å². The fourth-order valence-electron chi connectivity index (χ4n) is 3.43. The molecule has 0 amide bonds. The van der Waals surface area contributed by atoms with Crippen molar-refractivity contribution in [2.75, 3.05) is 0 Å². The second-order valence-corrected chi connectivity index (χ2v) is 7.77. The van der Waals surface area contributed by atoms with E-state index in [-0.39, 0.29) is 5.41 Å². The maximum Gasteiger partial charge on any atom is 0.0662 e. The van der Waals surface area contributed by atoms with Gasteiger partial charge in [-0.1, -0.05) is 46.5 Å². The maximum atomic E-state index is 4.86. The van der Waals surface area contributed by atoms with Gasteiger partial charge in [-0.25, -0.2) is 0 Å². The summed E-state index contributed by atoms with van der Waals surface area (Å²) in [6.07, 6.45) is 11.9. The van der Waals surface area contributed by atoms with E-state index < -0.39 is 0 Å². The predicted molar refractivity (Wildman–Crippen MR) is 98.4 cm³/mol. The Bertz CT molecular complexity index is 633. The van der Waals surface area contributed by atoms with Crippen LogP contribution < -0.4 is 0 Å². The van der Waals surface area contributed by atoms with Gasteiger partial charge in [0.25, 0.3) is 0 Å². The van der Waals surface area contributed by atoms with Crippen LogP contribution in [0, 0.1) is 0 Å². The minimum Gasteiger partial charge on any atom is -0.360 e. The highest BCUT2D eigenvalue weighted by Crippen LogP contribution is 2.32. The Morgan fingerprint density at radius 2 is 1.87 bits per heavy atom. The first kappa shape index (κ1) is 16.1. The molecule has 23 heavy (non-hydrogen) atoms. The molecule has 0 radical (unpaired) electrons. The fraction of sp³-hybridized carbons (Fsp3) is 0.550. The molecule has 0 spiro atoms. The Hall–Kier alpha value is -1.77. The van der Waals surface area contributed by atoms with Crippen molar-refractivity contribution in [3.05, 3.63) is 35.7 Å². The van der Waals surface area contributed by atoms with Crippen LogP contribution in [0.1, 0.15) is 70.6 Å². The summed E-state index contributed by atoms with van der Waals surface area (Å²) in [5, 5.41) is 0. The molecule has 0 saturated heterocycles. The number of hydrogen-bond donors (Lipinski definition) is 2. The van der Waals surface area contributed by atoms with Gasteiger partial charge in [0.1, 0.15) is 0 Å². The Balaban J connectivity index is 1.85. The second kappa shape index (κ2) is 6.77.